The van der Waals surface area contributed by atoms with E-state index < -0.39 is 0 Å². The SMILES string of the molecule is COc1ccc(C(C)(C)C)cc1-c1n[nH]c(CN)n1. The van der Waals surface area contributed by atoms with Crippen LogP contribution >= 0.6 is 0 Å². The third-order valence-corrected chi connectivity index (χ3v) is 3.03. The average molecular weight is 260 g/mol. The fourth-order valence-corrected chi connectivity index (χ4v) is 1.86. The summed E-state index contributed by atoms with van der Waals surface area (Å²) in [4.78, 5) is 4.36. The van der Waals surface area contributed by atoms with Crippen LogP contribution in [0, 0.1) is 0 Å². The van der Waals surface area contributed by atoms with Crippen molar-refractivity contribution in [1.29, 1.82) is 0 Å². The lowest BCUT2D eigenvalue weighted by atomic mass is 9.86. The molecule has 0 saturated carbocycles. The summed E-state index contributed by atoms with van der Waals surface area (Å²) < 4.78 is 5.39. The van der Waals surface area contributed by atoms with Gasteiger partial charge in [-0.3, -0.25) is 5.10 Å². The Hall–Kier alpha value is -1.88. The molecule has 0 amide bonds. The first-order chi connectivity index (χ1) is 8.95. The topological polar surface area (TPSA) is 76.8 Å². The van der Waals surface area contributed by atoms with Gasteiger partial charge >= 0.3 is 0 Å². The second-order valence-corrected chi connectivity index (χ2v) is 5.47. The summed E-state index contributed by atoms with van der Waals surface area (Å²) in [5, 5.41) is 7.01. The number of ether oxygens (including phenoxy) is 1. The van der Waals surface area contributed by atoms with Gasteiger partial charge in [0.2, 0.25) is 0 Å². The highest BCUT2D eigenvalue weighted by Gasteiger charge is 2.18. The van der Waals surface area contributed by atoms with Crippen molar-refractivity contribution in [2.24, 2.45) is 5.73 Å². The van der Waals surface area contributed by atoms with Gasteiger partial charge in [-0.05, 0) is 23.1 Å². The smallest absolute Gasteiger partial charge is 0.184 e. The molecular weight excluding hydrogens is 240 g/mol. The maximum absolute atomic E-state index is 5.55. The van der Waals surface area contributed by atoms with Crippen LogP contribution in [0.3, 0.4) is 0 Å². The van der Waals surface area contributed by atoms with E-state index in [1.165, 1.54) is 5.56 Å². The number of H-pyrrole nitrogens is 1. The van der Waals surface area contributed by atoms with Crippen molar-refractivity contribution in [1.82, 2.24) is 15.2 Å². The van der Waals surface area contributed by atoms with Crippen molar-refractivity contribution >= 4 is 0 Å². The van der Waals surface area contributed by atoms with Gasteiger partial charge in [-0.2, -0.15) is 5.10 Å². The van der Waals surface area contributed by atoms with Gasteiger partial charge in [-0.15, -0.1) is 0 Å². The second kappa shape index (κ2) is 5.01. The fourth-order valence-electron chi connectivity index (χ4n) is 1.86. The van der Waals surface area contributed by atoms with E-state index in [0.29, 0.717) is 18.2 Å². The van der Waals surface area contributed by atoms with E-state index in [-0.39, 0.29) is 5.41 Å². The first-order valence-electron chi connectivity index (χ1n) is 6.26. The van der Waals surface area contributed by atoms with E-state index in [1.807, 2.05) is 6.07 Å². The first kappa shape index (κ1) is 13.5. The third-order valence-electron chi connectivity index (χ3n) is 3.03. The van der Waals surface area contributed by atoms with E-state index in [1.54, 1.807) is 7.11 Å². The van der Waals surface area contributed by atoms with Gasteiger partial charge in [0.25, 0.3) is 0 Å². The highest BCUT2D eigenvalue weighted by atomic mass is 16.5. The summed E-state index contributed by atoms with van der Waals surface area (Å²) in [6.45, 7) is 6.85. The summed E-state index contributed by atoms with van der Waals surface area (Å²) in [5.41, 5.74) is 7.70. The molecule has 0 bridgehead atoms. The third kappa shape index (κ3) is 2.76. The molecule has 19 heavy (non-hydrogen) atoms. The molecule has 2 rings (SSSR count). The monoisotopic (exact) mass is 260 g/mol. The molecule has 102 valence electrons. The second-order valence-electron chi connectivity index (χ2n) is 5.47. The molecule has 0 fully saturated rings. The van der Waals surface area contributed by atoms with Gasteiger partial charge in [-0.1, -0.05) is 26.8 Å². The van der Waals surface area contributed by atoms with Crippen LogP contribution in [0.4, 0.5) is 0 Å². The Labute approximate surface area is 113 Å². The number of methoxy groups -OCH3 is 1. The molecule has 2 aromatic rings. The molecule has 0 saturated heterocycles. The Morgan fingerprint density at radius 3 is 2.58 bits per heavy atom. The van der Waals surface area contributed by atoms with Gasteiger partial charge in [0.05, 0.1) is 19.2 Å². The number of benzene rings is 1. The van der Waals surface area contributed by atoms with Crippen molar-refractivity contribution in [2.75, 3.05) is 7.11 Å². The van der Waals surface area contributed by atoms with Crippen molar-refractivity contribution in [3.8, 4) is 17.1 Å². The van der Waals surface area contributed by atoms with Crippen LogP contribution in [0.5, 0.6) is 5.75 Å². The van der Waals surface area contributed by atoms with Crippen LogP contribution in [0.2, 0.25) is 0 Å². The predicted molar refractivity (Wildman–Crippen MR) is 75.0 cm³/mol. The molecule has 0 aliphatic heterocycles. The van der Waals surface area contributed by atoms with E-state index in [2.05, 4.69) is 48.1 Å². The summed E-state index contributed by atoms with van der Waals surface area (Å²) in [5.74, 6) is 2.04. The van der Waals surface area contributed by atoms with Gasteiger partial charge in [0.1, 0.15) is 11.6 Å². The minimum absolute atomic E-state index is 0.0635. The van der Waals surface area contributed by atoms with Crippen LogP contribution in [-0.4, -0.2) is 22.3 Å². The van der Waals surface area contributed by atoms with Gasteiger partial charge in [0, 0.05) is 0 Å². The molecule has 1 aromatic heterocycles. The number of hydrogen-bond acceptors (Lipinski definition) is 4. The van der Waals surface area contributed by atoms with Crippen molar-refractivity contribution in [3.63, 3.8) is 0 Å². The molecule has 1 aromatic carbocycles. The minimum atomic E-state index is 0.0635. The Bertz CT molecular complexity index is 569. The highest BCUT2D eigenvalue weighted by Crippen LogP contribution is 2.32. The highest BCUT2D eigenvalue weighted by molar-refractivity contribution is 5.65. The number of aromatic nitrogens is 3. The van der Waals surface area contributed by atoms with Crippen molar-refractivity contribution in [2.45, 2.75) is 32.7 Å². The van der Waals surface area contributed by atoms with Crippen LogP contribution < -0.4 is 10.5 Å². The maximum Gasteiger partial charge on any atom is 0.184 e. The van der Waals surface area contributed by atoms with Crippen LogP contribution in [0.15, 0.2) is 18.2 Å². The Morgan fingerprint density at radius 2 is 2.05 bits per heavy atom. The first-order valence-corrected chi connectivity index (χ1v) is 6.26. The summed E-state index contributed by atoms with van der Waals surface area (Å²) in [6.07, 6.45) is 0. The van der Waals surface area contributed by atoms with Gasteiger partial charge in [-0.25, -0.2) is 4.98 Å². The largest absolute Gasteiger partial charge is 0.496 e. The lowest BCUT2D eigenvalue weighted by Crippen LogP contribution is -2.11. The molecule has 1 heterocycles. The van der Waals surface area contributed by atoms with Crippen molar-refractivity contribution in [3.05, 3.63) is 29.6 Å². The average Bonchev–Trinajstić information content (AvgIpc) is 2.85. The Kier molecular flexibility index (Phi) is 3.57. The Morgan fingerprint density at radius 1 is 1.32 bits per heavy atom. The number of nitrogens with two attached hydrogens (primary N) is 1. The zero-order valence-corrected chi connectivity index (χ0v) is 11.8. The van der Waals surface area contributed by atoms with Gasteiger partial charge < -0.3 is 10.5 Å². The molecule has 5 heteroatoms. The molecule has 0 spiro atoms. The molecule has 5 nitrogen and oxygen atoms in total. The normalized spacial score (nSPS) is 11.6. The van der Waals surface area contributed by atoms with E-state index >= 15 is 0 Å². The van der Waals surface area contributed by atoms with Crippen LogP contribution in [-0.2, 0) is 12.0 Å². The minimum Gasteiger partial charge on any atom is -0.496 e. The van der Waals surface area contributed by atoms with E-state index in [0.717, 1.165) is 11.3 Å². The number of aromatic amines is 1. The van der Waals surface area contributed by atoms with E-state index in [4.69, 9.17) is 10.5 Å². The molecule has 0 atom stereocenters. The van der Waals surface area contributed by atoms with Crippen LogP contribution in [0.1, 0.15) is 32.2 Å². The number of nitrogens with one attached hydrogen (secondary N) is 1. The quantitative estimate of drug-likeness (QED) is 0.887. The summed E-state index contributed by atoms with van der Waals surface area (Å²) in [6, 6.07) is 6.09. The number of nitrogens with zero attached hydrogens (tertiary/aromatic N) is 2. The number of hydrogen-bond donors (Lipinski definition) is 2. The number of rotatable bonds is 3. The fraction of sp³-hybridized carbons (Fsp3) is 0.429. The zero-order valence-electron chi connectivity index (χ0n) is 11.8. The standard InChI is InChI=1S/C14H20N4O/c1-14(2,3)9-5-6-11(19-4)10(7-9)13-16-12(8-15)17-18-13/h5-7H,8,15H2,1-4H3,(H,16,17,18). The molecule has 0 aliphatic rings. The lowest BCUT2D eigenvalue weighted by Gasteiger charge is -2.20. The lowest BCUT2D eigenvalue weighted by molar-refractivity contribution is 0.415. The molecule has 0 radical (unpaired) electrons. The van der Waals surface area contributed by atoms with E-state index in [9.17, 15) is 0 Å². The van der Waals surface area contributed by atoms with Crippen LogP contribution in [0.25, 0.3) is 11.4 Å². The zero-order chi connectivity index (χ0) is 14.0. The summed E-state index contributed by atoms with van der Waals surface area (Å²) in [7, 11) is 1.64. The summed E-state index contributed by atoms with van der Waals surface area (Å²) >= 11 is 0. The molecule has 0 unspecified atom stereocenters. The molecule has 3 N–H and O–H groups in total. The predicted octanol–water partition coefficient (Wildman–Crippen LogP) is 2.24. The van der Waals surface area contributed by atoms with Crippen molar-refractivity contribution < 1.29 is 4.74 Å². The molecular formula is C14H20N4O. The Balaban J connectivity index is 2.53. The molecule has 0 aliphatic carbocycles. The van der Waals surface area contributed by atoms with Gasteiger partial charge in [0.15, 0.2) is 5.82 Å². The maximum atomic E-state index is 5.55.